The first kappa shape index (κ1) is 17.9. The van der Waals surface area contributed by atoms with Gasteiger partial charge in [0.15, 0.2) is 5.75 Å². The molecule has 6 heteroatoms. The molecule has 0 aliphatic carbocycles. The lowest BCUT2D eigenvalue weighted by atomic mass is 9.90. The van der Waals surface area contributed by atoms with Gasteiger partial charge in [0.1, 0.15) is 5.75 Å². The van der Waals surface area contributed by atoms with Gasteiger partial charge < -0.3 is 15.2 Å². The predicted octanol–water partition coefficient (Wildman–Crippen LogP) is 3.21. The maximum absolute atomic E-state index is 12.4. The number of rotatable bonds is 6. The van der Waals surface area contributed by atoms with Crippen LogP contribution in [0.2, 0.25) is 0 Å². The maximum Gasteiger partial charge on any atom is 0.310 e. The minimum Gasteiger partial charge on any atom is -0.481 e. The third kappa shape index (κ3) is 4.21. The van der Waals surface area contributed by atoms with E-state index >= 15 is 0 Å². The molecule has 0 bridgehead atoms. The summed E-state index contributed by atoms with van der Waals surface area (Å²) in [5.74, 6) is 0.237. The van der Waals surface area contributed by atoms with Crippen LogP contribution in [0.3, 0.4) is 0 Å². The monoisotopic (exact) mass is 354 g/mol. The summed E-state index contributed by atoms with van der Waals surface area (Å²) in [7, 11) is 0. The molecule has 1 aliphatic rings. The molecule has 0 spiro atoms. The van der Waals surface area contributed by atoms with Crippen LogP contribution in [0, 0.1) is 5.41 Å². The molecule has 3 rings (SSSR count). The zero-order valence-electron chi connectivity index (χ0n) is 14.6. The number of nitrogens with zero attached hydrogens (tertiary/aromatic N) is 1. The second kappa shape index (κ2) is 7.58. The van der Waals surface area contributed by atoms with Crippen molar-refractivity contribution in [1.82, 2.24) is 4.90 Å². The normalized spacial score (nSPS) is 19.9. The van der Waals surface area contributed by atoms with Gasteiger partial charge in [-0.25, -0.2) is 0 Å². The fraction of sp³-hybridized carbons (Fsp3) is 0.300. The number of carbonyl (C=O) groups excluding carboxylic acids is 1. The molecule has 0 saturated carbocycles. The molecule has 1 atom stereocenters. The Morgan fingerprint density at radius 1 is 1.15 bits per heavy atom. The van der Waals surface area contributed by atoms with Crippen molar-refractivity contribution < 1.29 is 19.4 Å². The number of para-hydroxylation sites is 3. The van der Waals surface area contributed by atoms with Crippen LogP contribution in [0.15, 0.2) is 54.6 Å². The molecular formula is C20H22N2O4. The minimum atomic E-state index is -0.818. The third-order valence-electron chi connectivity index (χ3n) is 4.57. The second-order valence-corrected chi connectivity index (χ2v) is 6.79. The molecule has 1 saturated heterocycles. The minimum absolute atomic E-state index is 0.155. The fourth-order valence-electron chi connectivity index (χ4n) is 3.03. The van der Waals surface area contributed by atoms with Gasteiger partial charge in [0.25, 0.3) is 0 Å². The van der Waals surface area contributed by atoms with Crippen molar-refractivity contribution in [3.8, 4) is 11.5 Å². The summed E-state index contributed by atoms with van der Waals surface area (Å²) >= 11 is 0. The van der Waals surface area contributed by atoms with Crippen molar-refractivity contribution in [3.63, 3.8) is 0 Å². The van der Waals surface area contributed by atoms with Crippen LogP contribution in [-0.2, 0) is 9.59 Å². The molecule has 1 fully saturated rings. The Morgan fingerprint density at radius 3 is 2.54 bits per heavy atom. The summed E-state index contributed by atoms with van der Waals surface area (Å²) in [4.78, 5) is 25.6. The smallest absolute Gasteiger partial charge is 0.310 e. The molecule has 2 N–H and O–H groups in total. The van der Waals surface area contributed by atoms with E-state index in [-0.39, 0.29) is 12.5 Å². The Kier molecular flexibility index (Phi) is 5.23. The summed E-state index contributed by atoms with van der Waals surface area (Å²) in [5, 5.41) is 12.2. The molecular weight excluding hydrogens is 332 g/mol. The zero-order valence-corrected chi connectivity index (χ0v) is 14.6. The number of carbonyl (C=O) groups is 2. The molecule has 1 unspecified atom stereocenters. The highest BCUT2D eigenvalue weighted by atomic mass is 16.5. The van der Waals surface area contributed by atoms with Crippen LogP contribution in [0.1, 0.15) is 13.3 Å². The summed E-state index contributed by atoms with van der Waals surface area (Å²) in [6.45, 7) is 2.84. The number of carboxylic acid groups (broad SMARTS) is 1. The van der Waals surface area contributed by atoms with Crippen molar-refractivity contribution >= 4 is 17.6 Å². The first-order chi connectivity index (χ1) is 12.5. The molecule has 0 aromatic heterocycles. The first-order valence-corrected chi connectivity index (χ1v) is 8.54. The van der Waals surface area contributed by atoms with Gasteiger partial charge in [-0.2, -0.15) is 0 Å². The first-order valence-electron chi connectivity index (χ1n) is 8.54. The summed E-state index contributed by atoms with van der Waals surface area (Å²) in [5.41, 5.74) is -0.198. The highest BCUT2D eigenvalue weighted by molar-refractivity contribution is 5.93. The molecule has 2 aromatic rings. The molecule has 2 aromatic carbocycles. The Morgan fingerprint density at radius 2 is 1.85 bits per heavy atom. The lowest BCUT2D eigenvalue weighted by Gasteiger charge is -2.20. The Balaban J connectivity index is 1.62. The number of nitrogens with one attached hydrogen (secondary N) is 1. The number of anilines is 1. The topological polar surface area (TPSA) is 78.9 Å². The van der Waals surface area contributed by atoms with E-state index in [2.05, 4.69) is 5.32 Å². The third-order valence-corrected chi connectivity index (χ3v) is 4.57. The summed E-state index contributed by atoms with van der Waals surface area (Å²) < 4.78 is 5.84. The van der Waals surface area contributed by atoms with Crippen LogP contribution >= 0.6 is 0 Å². The molecule has 0 radical (unpaired) electrons. The van der Waals surface area contributed by atoms with Crippen LogP contribution in [0.5, 0.6) is 11.5 Å². The number of hydrogen-bond acceptors (Lipinski definition) is 4. The van der Waals surface area contributed by atoms with Gasteiger partial charge in [0.2, 0.25) is 5.91 Å². The van der Waals surface area contributed by atoms with Gasteiger partial charge in [-0.05, 0) is 44.2 Å². The van der Waals surface area contributed by atoms with E-state index in [4.69, 9.17) is 4.74 Å². The van der Waals surface area contributed by atoms with Gasteiger partial charge in [0.05, 0.1) is 17.6 Å². The number of carboxylic acids is 1. The highest BCUT2D eigenvalue weighted by Gasteiger charge is 2.40. The van der Waals surface area contributed by atoms with Crippen molar-refractivity contribution in [1.29, 1.82) is 0 Å². The molecule has 1 heterocycles. The van der Waals surface area contributed by atoms with Gasteiger partial charge in [-0.3, -0.25) is 14.5 Å². The lowest BCUT2D eigenvalue weighted by molar-refractivity contribution is -0.147. The average Bonchev–Trinajstić information content (AvgIpc) is 3.00. The van der Waals surface area contributed by atoms with Crippen LogP contribution < -0.4 is 10.1 Å². The highest BCUT2D eigenvalue weighted by Crippen LogP contribution is 2.31. The van der Waals surface area contributed by atoms with E-state index in [1.54, 1.807) is 19.1 Å². The number of benzene rings is 2. The van der Waals surface area contributed by atoms with Gasteiger partial charge in [-0.1, -0.05) is 30.3 Å². The van der Waals surface area contributed by atoms with E-state index in [0.717, 1.165) is 0 Å². The standard InChI is InChI=1S/C20H22N2O4/c1-20(19(24)25)11-12-22(14-20)13-18(23)21-16-9-5-6-10-17(16)26-15-7-3-2-4-8-15/h2-10H,11-14H2,1H3,(H,21,23)(H,24,25). The van der Waals surface area contributed by atoms with Crippen LogP contribution in [0.4, 0.5) is 5.69 Å². The zero-order chi connectivity index (χ0) is 18.6. The Labute approximate surface area is 152 Å². The Bertz CT molecular complexity index is 793. The number of ether oxygens (including phenoxy) is 1. The molecule has 1 aliphatic heterocycles. The second-order valence-electron chi connectivity index (χ2n) is 6.79. The van der Waals surface area contributed by atoms with E-state index in [9.17, 15) is 14.7 Å². The van der Waals surface area contributed by atoms with E-state index in [1.165, 1.54) is 0 Å². The number of aliphatic carboxylic acids is 1. The summed E-state index contributed by atoms with van der Waals surface area (Å²) in [6.07, 6.45) is 0.545. The molecule has 6 nitrogen and oxygen atoms in total. The Hall–Kier alpha value is -2.86. The lowest BCUT2D eigenvalue weighted by Crippen LogP contribution is -2.35. The van der Waals surface area contributed by atoms with E-state index in [0.29, 0.717) is 36.7 Å². The van der Waals surface area contributed by atoms with Crippen molar-refractivity contribution in [2.24, 2.45) is 5.41 Å². The van der Waals surface area contributed by atoms with Crippen molar-refractivity contribution in [3.05, 3.63) is 54.6 Å². The van der Waals surface area contributed by atoms with Gasteiger partial charge in [0, 0.05) is 6.54 Å². The van der Waals surface area contributed by atoms with Crippen molar-refractivity contribution in [2.75, 3.05) is 25.0 Å². The van der Waals surface area contributed by atoms with E-state index < -0.39 is 11.4 Å². The summed E-state index contributed by atoms with van der Waals surface area (Å²) in [6, 6.07) is 16.6. The van der Waals surface area contributed by atoms with Gasteiger partial charge in [-0.15, -0.1) is 0 Å². The van der Waals surface area contributed by atoms with E-state index in [1.807, 2.05) is 47.4 Å². The SMILES string of the molecule is CC1(C(=O)O)CCN(CC(=O)Nc2ccccc2Oc2ccccc2)C1. The van der Waals surface area contributed by atoms with Crippen LogP contribution in [0.25, 0.3) is 0 Å². The predicted molar refractivity (Wildman–Crippen MR) is 98.4 cm³/mol. The number of likely N-dealkylation sites (tertiary alicyclic amines) is 1. The maximum atomic E-state index is 12.4. The van der Waals surface area contributed by atoms with Crippen LogP contribution in [-0.4, -0.2) is 41.5 Å². The van der Waals surface area contributed by atoms with Gasteiger partial charge >= 0.3 is 5.97 Å². The number of amides is 1. The largest absolute Gasteiger partial charge is 0.481 e. The molecule has 136 valence electrons. The molecule has 1 amide bonds. The average molecular weight is 354 g/mol. The quantitative estimate of drug-likeness (QED) is 0.833. The number of hydrogen-bond donors (Lipinski definition) is 2. The molecule has 26 heavy (non-hydrogen) atoms. The van der Waals surface area contributed by atoms with Crippen molar-refractivity contribution in [2.45, 2.75) is 13.3 Å². The fourth-order valence-corrected chi connectivity index (χ4v) is 3.03.